The average Bonchev–Trinajstić information content (AvgIpc) is 2.00. The van der Waals surface area contributed by atoms with E-state index in [0.29, 0.717) is 0 Å². The van der Waals surface area contributed by atoms with Gasteiger partial charge in [0.15, 0.2) is 0 Å². The van der Waals surface area contributed by atoms with Gasteiger partial charge in [-0.05, 0) is 24.1 Å². The molecule has 0 spiro atoms. The Morgan fingerprint density at radius 1 is 1.00 bits per heavy atom. The monoisotopic (exact) mass is 115 g/mol. The Kier molecular flexibility index (Phi) is 2.18. The van der Waals surface area contributed by atoms with Gasteiger partial charge in [0.2, 0.25) is 0 Å². The fourth-order valence-electron chi connectivity index (χ4n) is 0.395. The summed E-state index contributed by atoms with van der Waals surface area (Å²) in [5, 5.41) is 0. The summed E-state index contributed by atoms with van der Waals surface area (Å²) >= 11 is 0. The smallest absolute Gasteiger partial charge is 0.0374 e. The molecule has 0 amide bonds. The maximum atomic E-state index is 3.76. The molecule has 0 aliphatic carbocycles. The van der Waals surface area contributed by atoms with Crippen LogP contribution in [0.1, 0.15) is 0 Å². The van der Waals surface area contributed by atoms with Gasteiger partial charge >= 0.3 is 0 Å². The molecule has 0 saturated carbocycles. The molecule has 1 heterocycles. The fraction of sp³-hybridized carbons (Fsp3) is 0. The Hall–Kier alpha value is -1.51. The predicted molar refractivity (Wildman–Crippen MR) is 37.3 cm³/mol. The lowest BCUT2D eigenvalue weighted by atomic mass is 10.5. The van der Waals surface area contributed by atoms with Gasteiger partial charge < -0.3 is 0 Å². The SMILES string of the molecule is C1=C=C/C=C\N=C=CC=1. The molecule has 0 N–H and O–H groups in total. The third-order valence-electron chi connectivity index (χ3n) is 0.739. The number of allylic oxidation sites excluding steroid dienone is 4. The van der Waals surface area contributed by atoms with Crippen LogP contribution in [0.15, 0.2) is 47.0 Å². The van der Waals surface area contributed by atoms with Crippen LogP contribution in [0.25, 0.3) is 0 Å². The van der Waals surface area contributed by atoms with E-state index in [1.807, 2.05) is 0 Å². The van der Waals surface area contributed by atoms with Crippen LogP contribution in [-0.4, -0.2) is 5.87 Å². The first-order chi connectivity index (χ1) is 4.50. The van der Waals surface area contributed by atoms with Crippen molar-refractivity contribution in [1.29, 1.82) is 0 Å². The fourth-order valence-corrected chi connectivity index (χ4v) is 0.395. The minimum atomic E-state index is 1.64. The van der Waals surface area contributed by atoms with Gasteiger partial charge in [0.1, 0.15) is 0 Å². The van der Waals surface area contributed by atoms with Crippen molar-refractivity contribution in [2.75, 3.05) is 0 Å². The quantitative estimate of drug-likeness (QED) is 0.425. The molecule has 1 nitrogen and oxygen atoms in total. The summed E-state index contributed by atoms with van der Waals surface area (Å²) in [6, 6.07) is 0. The normalized spacial score (nSPS) is 16.9. The number of rotatable bonds is 0. The van der Waals surface area contributed by atoms with Gasteiger partial charge in [0.25, 0.3) is 0 Å². The first-order valence-electron chi connectivity index (χ1n) is 2.60. The van der Waals surface area contributed by atoms with E-state index >= 15 is 0 Å². The van der Waals surface area contributed by atoms with Gasteiger partial charge in [0, 0.05) is 12.3 Å². The molecule has 0 bridgehead atoms. The zero-order chi connectivity index (χ0) is 6.36. The van der Waals surface area contributed by atoms with Crippen molar-refractivity contribution in [3.8, 4) is 0 Å². The third-order valence-corrected chi connectivity index (χ3v) is 0.739. The van der Waals surface area contributed by atoms with Crippen LogP contribution < -0.4 is 0 Å². The summed E-state index contributed by atoms with van der Waals surface area (Å²) in [4.78, 5) is 3.76. The van der Waals surface area contributed by atoms with Gasteiger partial charge in [-0.15, -0.1) is 0 Å². The van der Waals surface area contributed by atoms with E-state index < -0.39 is 0 Å². The molecule has 42 valence electrons. The first-order valence-corrected chi connectivity index (χ1v) is 2.60. The van der Waals surface area contributed by atoms with E-state index in [2.05, 4.69) is 22.3 Å². The van der Waals surface area contributed by atoms with Crippen molar-refractivity contribution in [3.05, 3.63) is 42.0 Å². The third kappa shape index (κ3) is 2.33. The van der Waals surface area contributed by atoms with Crippen molar-refractivity contribution in [2.24, 2.45) is 4.99 Å². The van der Waals surface area contributed by atoms with E-state index in [1.165, 1.54) is 0 Å². The lowest BCUT2D eigenvalue weighted by Crippen LogP contribution is -1.48. The standard InChI is InChI=1S/C8H5N/c1-2-4-6-8-9-7-5-3-1/h3-7H/b4-3?,7-5-. The second-order valence-electron chi connectivity index (χ2n) is 1.39. The highest BCUT2D eigenvalue weighted by atomic mass is 14.6. The Morgan fingerprint density at radius 3 is 2.89 bits per heavy atom. The topological polar surface area (TPSA) is 12.4 Å². The van der Waals surface area contributed by atoms with Crippen molar-refractivity contribution < 1.29 is 0 Å². The van der Waals surface area contributed by atoms with Crippen LogP contribution in [0.5, 0.6) is 0 Å². The molecular formula is C8H5N. The molecule has 0 atom stereocenters. The highest BCUT2D eigenvalue weighted by molar-refractivity contribution is 5.55. The van der Waals surface area contributed by atoms with Gasteiger partial charge in [0.05, 0.1) is 0 Å². The van der Waals surface area contributed by atoms with Crippen molar-refractivity contribution >= 4 is 5.87 Å². The lowest BCUT2D eigenvalue weighted by molar-refractivity contribution is 1.61. The second kappa shape index (κ2) is 3.49. The van der Waals surface area contributed by atoms with E-state index in [-0.39, 0.29) is 0 Å². The maximum absolute atomic E-state index is 3.76. The zero-order valence-corrected chi connectivity index (χ0v) is 4.83. The van der Waals surface area contributed by atoms with Crippen LogP contribution in [0, 0.1) is 0 Å². The highest BCUT2D eigenvalue weighted by Crippen LogP contribution is 1.76. The van der Waals surface area contributed by atoms with E-state index in [1.54, 1.807) is 30.5 Å². The largest absolute Gasteiger partial charge is 0.214 e. The molecule has 0 radical (unpaired) electrons. The van der Waals surface area contributed by atoms with E-state index in [4.69, 9.17) is 0 Å². The molecule has 1 aliphatic rings. The average molecular weight is 115 g/mol. The molecule has 1 heteroatoms. The van der Waals surface area contributed by atoms with Gasteiger partial charge in [-0.1, -0.05) is 11.5 Å². The Morgan fingerprint density at radius 2 is 1.89 bits per heavy atom. The molecule has 9 heavy (non-hydrogen) atoms. The zero-order valence-electron chi connectivity index (χ0n) is 4.83. The number of hydrogen-bond acceptors (Lipinski definition) is 1. The van der Waals surface area contributed by atoms with Gasteiger partial charge in [-0.3, -0.25) is 0 Å². The van der Waals surface area contributed by atoms with Crippen LogP contribution in [0.3, 0.4) is 0 Å². The van der Waals surface area contributed by atoms with E-state index in [9.17, 15) is 0 Å². The molecule has 0 aromatic rings. The van der Waals surface area contributed by atoms with Gasteiger partial charge in [-0.2, -0.15) is 0 Å². The molecule has 0 unspecified atom stereocenters. The number of nitrogens with zero attached hydrogens (tertiary/aromatic N) is 1. The summed E-state index contributed by atoms with van der Waals surface area (Å²) in [5.74, 6) is 2.66. The molecular weight excluding hydrogens is 110 g/mol. The van der Waals surface area contributed by atoms with Crippen molar-refractivity contribution in [1.82, 2.24) is 0 Å². The molecule has 1 aliphatic heterocycles. The molecule has 0 fully saturated rings. The Bertz CT molecular complexity index is 263. The highest BCUT2D eigenvalue weighted by Gasteiger charge is 1.60. The lowest BCUT2D eigenvalue weighted by Gasteiger charge is -1.62. The van der Waals surface area contributed by atoms with E-state index in [0.717, 1.165) is 0 Å². The van der Waals surface area contributed by atoms with Crippen LogP contribution in [-0.2, 0) is 0 Å². The second-order valence-corrected chi connectivity index (χ2v) is 1.39. The molecule has 0 aromatic carbocycles. The van der Waals surface area contributed by atoms with Crippen LogP contribution in [0.4, 0.5) is 0 Å². The van der Waals surface area contributed by atoms with Crippen LogP contribution in [0.2, 0.25) is 0 Å². The number of hydrogen-bond donors (Lipinski definition) is 0. The maximum Gasteiger partial charge on any atom is 0.0374 e. The van der Waals surface area contributed by atoms with Crippen molar-refractivity contribution in [3.63, 3.8) is 0 Å². The summed E-state index contributed by atoms with van der Waals surface area (Å²) in [7, 11) is 0. The first kappa shape index (κ1) is 5.62. The molecule has 0 saturated heterocycles. The Balaban J connectivity index is 3.04. The van der Waals surface area contributed by atoms with Crippen LogP contribution >= 0.6 is 0 Å². The molecule has 1 rings (SSSR count). The summed E-state index contributed by atoms with van der Waals surface area (Å²) in [6.07, 6.45) is 8.53. The Labute approximate surface area is 53.7 Å². The minimum Gasteiger partial charge on any atom is -0.214 e. The summed E-state index contributed by atoms with van der Waals surface area (Å²) in [5.41, 5.74) is 5.55. The van der Waals surface area contributed by atoms with Gasteiger partial charge in [-0.25, -0.2) is 4.99 Å². The van der Waals surface area contributed by atoms with Crippen molar-refractivity contribution in [2.45, 2.75) is 0 Å². The molecule has 0 aromatic heterocycles. The summed E-state index contributed by atoms with van der Waals surface area (Å²) < 4.78 is 0. The summed E-state index contributed by atoms with van der Waals surface area (Å²) in [6.45, 7) is 0. The minimum absolute atomic E-state index is 1.64. The number of aliphatic imine (C=N–C) groups is 1. The predicted octanol–water partition coefficient (Wildman–Crippen LogP) is 1.61.